The zero-order valence-electron chi connectivity index (χ0n) is 10.8. The molecule has 2 aromatic rings. The number of hydrogen-bond donors (Lipinski definition) is 2. The van der Waals surface area contributed by atoms with Crippen LogP contribution in [0.4, 0.5) is 11.5 Å². The van der Waals surface area contributed by atoms with Crippen LogP contribution in [0.2, 0.25) is 0 Å². The first-order chi connectivity index (χ1) is 9.67. The second-order valence-corrected chi connectivity index (χ2v) is 3.88. The van der Waals surface area contributed by atoms with Gasteiger partial charge in [-0.2, -0.15) is 0 Å². The van der Waals surface area contributed by atoms with E-state index in [4.69, 9.17) is 0 Å². The van der Waals surface area contributed by atoms with Crippen molar-refractivity contribution in [3.8, 4) is 0 Å². The SMILES string of the molecule is CCC(=O)Nc1cn(CC(=O)Nc2cncnc2)nn1. The molecule has 0 aliphatic heterocycles. The first-order valence-electron chi connectivity index (χ1n) is 5.92. The second kappa shape index (κ2) is 6.36. The average molecular weight is 275 g/mol. The molecule has 104 valence electrons. The standard InChI is InChI=1S/C11H13N7O2/c1-2-10(19)15-9-5-18(17-16-9)6-11(20)14-8-3-12-7-13-4-8/h3-5,7H,2,6H2,1H3,(H,14,20)(H,15,19). The molecule has 9 heteroatoms. The molecule has 0 aliphatic carbocycles. The third-order valence-electron chi connectivity index (χ3n) is 2.28. The minimum atomic E-state index is -0.293. The number of nitrogens with one attached hydrogen (secondary N) is 2. The zero-order valence-corrected chi connectivity index (χ0v) is 10.8. The molecule has 2 rings (SSSR count). The summed E-state index contributed by atoms with van der Waals surface area (Å²) < 4.78 is 1.32. The molecule has 0 spiro atoms. The van der Waals surface area contributed by atoms with Crippen molar-refractivity contribution in [1.29, 1.82) is 0 Å². The van der Waals surface area contributed by atoms with Crippen LogP contribution in [-0.2, 0) is 16.1 Å². The number of anilines is 2. The molecule has 0 unspecified atom stereocenters. The van der Waals surface area contributed by atoms with Gasteiger partial charge in [0.15, 0.2) is 5.82 Å². The molecule has 0 aliphatic rings. The van der Waals surface area contributed by atoms with Crippen molar-refractivity contribution < 1.29 is 9.59 Å². The molecular formula is C11H13N7O2. The van der Waals surface area contributed by atoms with E-state index < -0.39 is 0 Å². The summed E-state index contributed by atoms with van der Waals surface area (Å²) in [7, 11) is 0. The zero-order chi connectivity index (χ0) is 14.4. The van der Waals surface area contributed by atoms with Gasteiger partial charge in [0, 0.05) is 6.42 Å². The molecule has 20 heavy (non-hydrogen) atoms. The van der Waals surface area contributed by atoms with E-state index in [1.807, 2.05) is 0 Å². The van der Waals surface area contributed by atoms with Crippen LogP contribution in [0.15, 0.2) is 24.9 Å². The predicted molar refractivity (Wildman–Crippen MR) is 69.6 cm³/mol. The van der Waals surface area contributed by atoms with Crippen molar-refractivity contribution >= 4 is 23.3 Å². The number of amides is 2. The summed E-state index contributed by atoms with van der Waals surface area (Å²) in [4.78, 5) is 30.5. The maximum Gasteiger partial charge on any atom is 0.246 e. The van der Waals surface area contributed by atoms with Crippen molar-refractivity contribution in [1.82, 2.24) is 25.0 Å². The van der Waals surface area contributed by atoms with E-state index in [2.05, 4.69) is 30.9 Å². The lowest BCUT2D eigenvalue weighted by molar-refractivity contribution is -0.117. The van der Waals surface area contributed by atoms with E-state index in [0.717, 1.165) is 0 Å². The van der Waals surface area contributed by atoms with Gasteiger partial charge < -0.3 is 10.6 Å². The van der Waals surface area contributed by atoms with E-state index in [-0.39, 0.29) is 18.4 Å². The van der Waals surface area contributed by atoms with Gasteiger partial charge in [-0.05, 0) is 0 Å². The van der Waals surface area contributed by atoms with Crippen LogP contribution in [-0.4, -0.2) is 36.8 Å². The number of carbonyl (C=O) groups is 2. The fourth-order valence-electron chi connectivity index (χ4n) is 1.38. The molecule has 2 N–H and O–H groups in total. The maximum atomic E-state index is 11.7. The highest BCUT2D eigenvalue weighted by molar-refractivity contribution is 5.90. The van der Waals surface area contributed by atoms with Gasteiger partial charge in [0.25, 0.3) is 0 Å². The van der Waals surface area contributed by atoms with Crippen LogP contribution in [0.1, 0.15) is 13.3 Å². The van der Waals surface area contributed by atoms with E-state index in [0.29, 0.717) is 17.9 Å². The Hall–Kier alpha value is -2.84. The van der Waals surface area contributed by atoms with Gasteiger partial charge in [0.1, 0.15) is 12.9 Å². The Morgan fingerprint density at radius 3 is 2.65 bits per heavy atom. The third kappa shape index (κ3) is 3.83. The van der Waals surface area contributed by atoms with Crippen LogP contribution >= 0.6 is 0 Å². The van der Waals surface area contributed by atoms with Gasteiger partial charge >= 0.3 is 0 Å². The van der Waals surface area contributed by atoms with Gasteiger partial charge in [-0.25, -0.2) is 14.6 Å². The fraction of sp³-hybridized carbons (Fsp3) is 0.273. The highest BCUT2D eigenvalue weighted by atomic mass is 16.2. The molecular weight excluding hydrogens is 262 g/mol. The summed E-state index contributed by atoms with van der Waals surface area (Å²) in [6, 6.07) is 0. The van der Waals surface area contributed by atoms with Crippen LogP contribution < -0.4 is 10.6 Å². The van der Waals surface area contributed by atoms with E-state index in [9.17, 15) is 9.59 Å². The highest BCUT2D eigenvalue weighted by Crippen LogP contribution is 2.03. The van der Waals surface area contributed by atoms with Gasteiger partial charge in [-0.3, -0.25) is 9.59 Å². The minimum absolute atomic E-state index is 0.0239. The number of aromatic nitrogens is 5. The van der Waals surface area contributed by atoms with Gasteiger partial charge in [-0.15, -0.1) is 5.10 Å². The third-order valence-corrected chi connectivity index (χ3v) is 2.28. The number of carbonyl (C=O) groups excluding carboxylic acids is 2. The Balaban J connectivity index is 1.90. The highest BCUT2D eigenvalue weighted by Gasteiger charge is 2.08. The van der Waals surface area contributed by atoms with Crippen LogP contribution in [0.25, 0.3) is 0 Å². The van der Waals surface area contributed by atoms with Crippen LogP contribution in [0.3, 0.4) is 0 Å². The van der Waals surface area contributed by atoms with Crippen molar-refractivity contribution in [2.24, 2.45) is 0 Å². The largest absolute Gasteiger partial charge is 0.322 e. The smallest absolute Gasteiger partial charge is 0.246 e. The Bertz CT molecular complexity index is 596. The van der Waals surface area contributed by atoms with E-state index in [1.54, 1.807) is 6.92 Å². The average Bonchev–Trinajstić information content (AvgIpc) is 2.86. The van der Waals surface area contributed by atoms with E-state index >= 15 is 0 Å². The Labute approximate surface area is 114 Å². The molecule has 0 bridgehead atoms. The van der Waals surface area contributed by atoms with Crippen molar-refractivity contribution in [2.75, 3.05) is 10.6 Å². The summed E-state index contributed by atoms with van der Waals surface area (Å²) in [5, 5.41) is 12.6. The second-order valence-electron chi connectivity index (χ2n) is 3.88. The monoisotopic (exact) mass is 275 g/mol. The summed E-state index contributed by atoms with van der Waals surface area (Å²) in [6.07, 6.45) is 6.17. The molecule has 2 amide bonds. The summed E-state index contributed by atoms with van der Waals surface area (Å²) >= 11 is 0. The van der Waals surface area contributed by atoms with E-state index in [1.165, 1.54) is 29.6 Å². The van der Waals surface area contributed by atoms with Crippen molar-refractivity contribution in [3.63, 3.8) is 0 Å². The van der Waals surface area contributed by atoms with Crippen LogP contribution in [0, 0.1) is 0 Å². The molecule has 9 nitrogen and oxygen atoms in total. The normalized spacial score (nSPS) is 10.1. The molecule has 0 fully saturated rings. The first-order valence-corrected chi connectivity index (χ1v) is 5.92. The lowest BCUT2D eigenvalue weighted by atomic mass is 10.4. The summed E-state index contributed by atoms with van der Waals surface area (Å²) in [5.41, 5.74) is 0.497. The molecule has 2 aromatic heterocycles. The topological polar surface area (TPSA) is 115 Å². The molecule has 0 atom stereocenters. The number of nitrogens with zero attached hydrogens (tertiary/aromatic N) is 5. The number of hydrogen-bond acceptors (Lipinski definition) is 6. The van der Waals surface area contributed by atoms with Crippen molar-refractivity contribution in [2.45, 2.75) is 19.9 Å². The molecule has 0 radical (unpaired) electrons. The summed E-state index contributed by atoms with van der Waals surface area (Å²) in [5.74, 6) is -0.145. The maximum absolute atomic E-state index is 11.7. The molecule has 0 saturated carbocycles. The van der Waals surface area contributed by atoms with Crippen LogP contribution in [0.5, 0.6) is 0 Å². The fourth-order valence-corrected chi connectivity index (χ4v) is 1.38. The molecule has 0 saturated heterocycles. The van der Waals surface area contributed by atoms with Gasteiger partial charge in [0.05, 0.1) is 24.3 Å². The lowest BCUT2D eigenvalue weighted by Gasteiger charge is -2.03. The van der Waals surface area contributed by atoms with Gasteiger partial charge in [0.2, 0.25) is 11.8 Å². The first kappa shape index (κ1) is 13.6. The minimum Gasteiger partial charge on any atom is -0.322 e. The molecule has 2 heterocycles. The van der Waals surface area contributed by atoms with Gasteiger partial charge in [-0.1, -0.05) is 12.1 Å². The molecule has 0 aromatic carbocycles. The number of rotatable bonds is 5. The lowest BCUT2D eigenvalue weighted by Crippen LogP contribution is -2.19. The Kier molecular flexibility index (Phi) is 4.32. The Morgan fingerprint density at radius 1 is 1.20 bits per heavy atom. The quantitative estimate of drug-likeness (QED) is 0.797. The summed E-state index contributed by atoms with van der Waals surface area (Å²) in [6.45, 7) is 1.71. The Morgan fingerprint density at radius 2 is 1.95 bits per heavy atom. The van der Waals surface area contributed by atoms with Crippen molar-refractivity contribution in [3.05, 3.63) is 24.9 Å². The predicted octanol–water partition coefficient (Wildman–Crippen LogP) is 0.0553.